The Hall–Kier alpha value is -2.99. The van der Waals surface area contributed by atoms with Crippen molar-refractivity contribution in [3.05, 3.63) is 72.2 Å². The normalized spacial score (nSPS) is 17.9. The van der Waals surface area contributed by atoms with E-state index in [-0.39, 0.29) is 11.9 Å². The summed E-state index contributed by atoms with van der Waals surface area (Å²) < 4.78 is 1.74. The molecule has 2 atom stereocenters. The summed E-state index contributed by atoms with van der Waals surface area (Å²) in [5.41, 5.74) is 3.28. The molecule has 0 spiro atoms. The number of aryl methyl sites for hydroxylation is 1. The molecule has 0 aliphatic carbocycles. The molecule has 0 bridgehead atoms. The van der Waals surface area contributed by atoms with Crippen LogP contribution in [0.4, 0.5) is 5.69 Å². The van der Waals surface area contributed by atoms with Gasteiger partial charge in [-0.15, -0.1) is 0 Å². The molecule has 1 fully saturated rings. The second kappa shape index (κ2) is 7.94. The number of nitrogens with zero attached hydrogens (tertiary/aromatic N) is 4. The molecule has 2 aromatic heterocycles. The highest BCUT2D eigenvalue weighted by atomic mass is 16.2. The van der Waals surface area contributed by atoms with Crippen molar-refractivity contribution in [1.29, 1.82) is 0 Å². The van der Waals surface area contributed by atoms with Gasteiger partial charge >= 0.3 is 0 Å². The summed E-state index contributed by atoms with van der Waals surface area (Å²) in [5, 5.41) is 7.75. The molecule has 6 heteroatoms. The van der Waals surface area contributed by atoms with E-state index in [2.05, 4.69) is 41.4 Å². The molecule has 1 aromatic carbocycles. The van der Waals surface area contributed by atoms with E-state index in [1.54, 1.807) is 10.9 Å². The van der Waals surface area contributed by atoms with Crippen molar-refractivity contribution >= 4 is 11.6 Å². The Morgan fingerprint density at radius 2 is 2.07 bits per heavy atom. The number of aromatic nitrogens is 3. The van der Waals surface area contributed by atoms with Crippen LogP contribution in [0.5, 0.6) is 0 Å². The number of benzene rings is 1. The van der Waals surface area contributed by atoms with Gasteiger partial charge in [0.05, 0.1) is 0 Å². The van der Waals surface area contributed by atoms with E-state index >= 15 is 0 Å². The third kappa shape index (κ3) is 3.82. The first kappa shape index (κ1) is 18.4. The lowest BCUT2D eigenvalue weighted by Gasteiger charge is -2.22. The molecular weight excluding hydrogens is 350 g/mol. The lowest BCUT2D eigenvalue weighted by molar-refractivity contribution is -0.117. The van der Waals surface area contributed by atoms with Crippen molar-refractivity contribution in [2.75, 3.05) is 11.4 Å². The lowest BCUT2D eigenvalue weighted by Crippen LogP contribution is -2.35. The highest BCUT2D eigenvalue weighted by Crippen LogP contribution is 2.29. The molecule has 1 amide bonds. The van der Waals surface area contributed by atoms with E-state index in [9.17, 15) is 4.79 Å². The molecule has 3 aromatic rings. The monoisotopic (exact) mass is 375 g/mol. The zero-order chi connectivity index (χ0) is 19.5. The second-order valence-electron chi connectivity index (χ2n) is 7.40. The summed E-state index contributed by atoms with van der Waals surface area (Å²) in [6.45, 7) is 5.69. The molecular formula is C22H25N5O. The number of carbonyl (C=O) groups excluding carboxylic acids is 1. The third-order valence-corrected chi connectivity index (χ3v) is 5.44. The number of carbonyl (C=O) groups is 1. The van der Waals surface area contributed by atoms with Crippen LogP contribution in [0.2, 0.25) is 0 Å². The Morgan fingerprint density at radius 1 is 1.21 bits per heavy atom. The van der Waals surface area contributed by atoms with E-state index in [4.69, 9.17) is 0 Å². The van der Waals surface area contributed by atoms with Gasteiger partial charge in [0.15, 0.2) is 5.82 Å². The summed E-state index contributed by atoms with van der Waals surface area (Å²) in [5.74, 6) is 1.30. The predicted molar refractivity (Wildman–Crippen MR) is 109 cm³/mol. The van der Waals surface area contributed by atoms with E-state index in [0.29, 0.717) is 12.3 Å². The van der Waals surface area contributed by atoms with Crippen LogP contribution in [-0.2, 0) is 11.3 Å². The van der Waals surface area contributed by atoms with E-state index < -0.39 is 0 Å². The average Bonchev–Trinajstić information content (AvgIpc) is 3.37. The van der Waals surface area contributed by atoms with Crippen LogP contribution in [0, 0.1) is 12.8 Å². The van der Waals surface area contributed by atoms with Gasteiger partial charge in [-0.2, -0.15) is 5.10 Å². The number of anilines is 1. The summed E-state index contributed by atoms with van der Waals surface area (Å²) in [6, 6.07) is 14.2. The van der Waals surface area contributed by atoms with E-state index in [1.807, 2.05) is 47.6 Å². The quantitative estimate of drug-likeness (QED) is 0.719. The van der Waals surface area contributed by atoms with Crippen molar-refractivity contribution in [3.63, 3.8) is 0 Å². The molecule has 3 heterocycles. The maximum absolute atomic E-state index is 12.5. The van der Waals surface area contributed by atoms with Gasteiger partial charge in [-0.3, -0.25) is 4.79 Å². The van der Waals surface area contributed by atoms with Crippen LogP contribution in [-0.4, -0.2) is 33.3 Å². The number of pyridine rings is 1. The molecule has 0 radical (unpaired) electrons. The van der Waals surface area contributed by atoms with Crippen LogP contribution >= 0.6 is 0 Å². The molecule has 1 saturated heterocycles. The van der Waals surface area contributed by atoms with Gasteiger partial charge in [-0.1, -0.05) is 24.3 Å². The first-order valence-corrected chi connectivity index (χ1v) is 9.66. The smallest absolute Gasteiger partial charge is 0.227 e. The first-order chi connectivity index (χ1) is 13.6. The molecule has 1 aliphatic rings. The standard InChI is InChI=1S/C22H25N5O/c1-16-6-3-4-7-20(16)26-15-19(12-22(26)28)17(2)23-13-18-8-9-21(24-14-18)27-11-5-10-25-27/h3-11,14,17,19,23H,12-13,15H2,1-2H3. The third-order valence-electron chi connectivity index (χ3n) is 5.44. The van der Waals surface area contributed by atoms with Crippen LogP contribution in [0.25, 0.3) is 5.82 Å². The molecule has 1 aliphatic heterocycles. The molecule has 4 rings (SSSR count). The van der Waals surface area contributed by atoms with Crippen LogP contribution < -0.4 is 10.2 Å². The second-order valence-corrected chi connectivity index (χ2v) is 7.40. The van der Waals surface area contributed by atoms with Crippen LogP contribution in [0.15, 0.2) is 61.1 Å². The maximum Gasteiger partial charge on any atom is 0.227 e. The maximum atomic E-state index is 12.5. The Bertz CT molecular complexity index is 936. The SMILES string of the molecule is Cc1ccccc1N1CC(C(C)NCc2ccc(-n3cccn3)nc2)CC1=O. The van der Waals surface area contributed by atoms with E-state index in [0.717, 1.165) is 35.7 Å². The van der Waals surface area contributed by atoms with Gasteiger partial charge in [-0.05, 0) is 43.2 Å². The number of rotatable bonds is 6. The van der Waals surface area contributed by atoms with Crippen molar-refractivity contribution in [1.82, 2.24) is 20.1 Å². The van der Waals surface area contributed by atoms with E-state index in [1.165, 1.54) is 0 Å². The zero-order valence-electron chi connectivity index (χ0n) is 16.2. The van der Waals surface area contributed by atoms with Crippen LogP contribution in [0.3, 0.4) is 0 Å². The number of amides is 1. The molecule has 0 saturated carbocycles. The van der Waals surface area contributed by atoms with Gasteiger partial charge in [0.2, 0.25) is 5.91 Å². The highest BCUT2D eigenvalue weighted by molar-refractivity contribution is 5.96. The van der Waals surface area contributed by atoms with Crippen molar-refractivity contribution in [2.45, 2.75) is 32.9 Å². The Morgan fingerprint density at radius 3 is 2.79 bits per heavy atom. The first-order valence-electron chi connectivity index (χ1n) is 9.66. The molecule has 2 unspecified atom stereocenters. The zero-order valence-corrected chi connectivity index (χ0v) is 16.2. The predicted octanol–water partition coefficient (Wildman–Crippen LogP) is 3.11. The summed E-state index contributed by atoms with van der Waals surface area (Å²) in [7, 11) is 0. The molecule has 144 valence electrons. The van der Waals surface area contributed by atoms with Gasteiger partial charge in [0.1, 0.15) is 0 Å². The summed E-state index contributed by atoms with van der Waals surface area (Å²) in [6.07, 6.45) is 6.07. The Labute approximate surface area is 165 Å². The number of nitrogens with one attached hydrogen (secondary N) is 1. The minimum Gasteiger partial charge on any atom is -0.312 e. The lowest BCUT2D eigenvalue weighted by atomic mass is 10.00. The Balaban J connectivity index is 1.35. The van der Waals surface area contributed by atoms with Gasteiger partial charge < -0.3 is 10.2 Å². The molecule has 6 nitrogen and oxygen atoms in total. The van der Waals surface area contributed by atoms with Crippen LogP contribution in [0.1, 0.15) is 24.5 Å². The summed E-state index contributed by atoms with van der Waals surface area (Å²) >= 11 is 0. The Kier molecular flexibility index (Phi) is 5.21. The summed E-state index contributed by atoms with van der Waals surface area (Å²) in [4.78, 5) is 18.9. The van der Waals surface area contributed by atoms with Crippen molar-refractivity contribution in [2.24, 2.45) is 5.92 Å². The van der Waals surface area contributed by atoms with Gasteiger partial charge in [0, 0.05) is 55.7 Å². The minimum atomic E-state index is 0.207. The van der Waals surface area contributed by atoms with Crippen molar-refractivity contribution < 1.29 is 4.79 Å². The average molecular weight is 375 g/mol. The number of hydrogen-bond donors (Lipinski definition) is 1. The molecule has 1 N–H and O–H groups in total. The molecule has 28 heavy (non-hydrogen) atoms. The highest BCUT2D eigenvalue weighted by Gasteiger charge is 2.34. The van der Waals surface area contributed by atoms with Gasteiger partial charge in [-0.25, -0.2) is 9.67 Å². The fraction of sp³-hybridized carbons (Fsp3) is 0.318. The number of hydrogen-bond acceptors (Lipinski definition) is 4. The fourth-order valence-corrected chi connectivity index (χ4v) is 3.68. The number of para-hydroxylation sites is 1. The van der Waals surface area contributed by atoms with Gasteiger partial charge in [0.25, 0.3) is 0 Å². The topological polar surface area (TPSA) is 63.1 Å². The fourth-order valence-electron chi connectivity index (χ4n) is 3.68. The van der Waals surface area contributed by atoms with Crippen molar-refractivity contribution in [3.8, 4) is 5.82 Å². The largest absolute Gasteiger partial charge is 0.312 e. The minimum absolute atomic E-state index is 0.207.